The zero-order chi connectivity index (χ0) is 18.7. The molecular weight excluding hydrogens is 332 g/mol. The molecule has 1 aromatic rings. The first kappa shape index (κ1) is 18.4. The molecule has 26 heavy (non-hydrogen) atoms. The van der Waals surface area contributed by atoms with Gasteiger partial charge in [0.25, 0.3) is 0 Å². The van der Waals surface area contributed by atoms with Crippen LogP contribution in [0.1, 0.15) is 26.2 Å². The average molecular weight is 358 g/mol. The number of nitrogens with one attached hydrogen (secondary N) is 2. The average Bonchev–Trinajstić information content (AvgIpc) is 2.75. The predicted molar refractivity (Wildman–Crippen MR) is 99.9 cm³/mol. The standard InChI is InChI=1S/C19H26N4O3/c1-13-11-17(24)21-15-5-3-4-6-16(15)23(13)18(25)12-22(2)19(26)14-7-9-20-10-8-14/h3-6,13-14,20H,7-12H2,1-2H3,(H,21,24). The Kier molecular flexibility index (Phi) is 5.56. The lowest BCUT2D eigenvalue weighted by atomic mass is 9.97. The number of benzene rings is 1. The van der Waals surface area contributed by atoms with Crippen molar-refractivity contribution in [2.75, 3.05) is 36.9 Å². The Morgan fingerprint density at radius 3 is 2.65 bits per heavy atom. The number of hydrogen-bond donors (Lipinski definition) is 2. The highest BCUT2D eigenvalue weighted by Crippen LogP contribution is 2.31. The van der Waals surface area contributed by atoms with E-state index in [0.29, 0.717) is 11.4 Å². The first-order chi connectivity index (χ1) is 12.5. The van der Waals surface area contributed by atoms with Crippen molar-refractivity contribution >= 4 is 29.1 Å². The predicted octanol–water partition coefficient (Wildman–Crippen LogP) is 1.21. The molecule has 1 atom stereocenters. The SMILES string of the molecule is CC1CC(=O)Nc2ccccc2N1C(=O)CN(C)C(=O)C1CCNCC1. The fourth-order valence-electron chi connectivity index (χ4n) is 3.71. The van der Waals surface area contributed by atoms with Crippen molar-refractivity contribution in [2.24, 2.45) is 5.92 Å². The number of hydrogen-bond acceptors (Lipinski definition) is 4. The topological polar surface area (TPSA) is 81.8 Å². The van der Waals surface area contributed by atoms with Crippen LogP contribution in [0.4, 0.5) is 11.4 Å². The number of fused-ring (bicyclic) bond motifs is 1. The molecule has 2 aliphatic heterocycles. The summed E-state index contributed by atoms with van der Waals surface area (Å²) in [6.45, 7) is 3.54. The second-order valence-corrected chi connectivity index (χ2v) is 7.10. The van der Waals surface area contributed by atoms with E-state index in [1.807, 2.05) is 25.1 Å². The van der Waals surface area contributed by atoms with Crippen molar-refractivity contribution in [1.29, 1.82) is 0 Å². The monoisotopic (exact) mass is 358 g/mol. The number of carbonyl (C=O) groups excluding carboxylic acids is 3. The van der Waals surface area contributed by atoms with Crippen molar-refractivity contribution < 1.29 is 14.4 Å². The van der Waals surface area contributed by atoms with E-state index < -0.39 is 0 Å². The third-order valence-corrected chi connectivity index (χ3v) is 5.06. The fraction of sp³-hybridized carbons (Fsp3) is 0.526. The molecule has 140 valence electrons. The van der Waals surface area contributed by atoms with Crippen LogP contribution >= 0.6 is 0 Å². The Balaban J connectivity index is 1.75. The number of nitrogens with zero attached hydrogens (tertiary/aromatic N) is 2. The summed E-state index contributed by atoms with van der Waals surface area (Å²) in [5.41, 5.74) is 1.31. The summed E-state index contributed by atoms with van der Waals surface area (Å²) in [5.74, 6) is -0.290. The summed E-state index contributed by atoms with van der Waals surface area (Å²) in [6.07, 6.45) is 1.84. The maximum absolute atomic E-state index is 13.0. The normalized spacial score (nSPS) is 20.8. The van der Waals surface area contributed by atoms with E-state index in [2.05, 4.69) is 10.6 Å². The quantitative estimate of drug-likeness (QED) is 0.851. The smallest absolute Gasteiger partial charge is 0.246 e. The lowest BCUT2D eigenvalue weighted by Gasteiger charge is -2.31. The molecule has 1 aromatic carbocycles. The molecule has 1 fully saturated rings. The molecule has 0 spiro atoms. The van der Waals surface area contributed by atoms with Gasteiger partial charge in [-0.25, -0.2) is 0 Å². The van der Waals surface area contributed by atoms with Crippen molar-refractivity contribution in [1.82, 2.24) is 10.2 Å². The van der Waals surface area contributed by atoms with Gasteiger partial charge in [-0.05, 0) is 45.0 Å². The van der Waals surface area contributed by atoms with E-state index in [-0.39, 0.29) is 42.6 Å². The fourth-order valence-corrected chi connectivity index (χ4v) is 3.71. The highest BCUT2D eigenvalue weighted by atomic mass is 16.2. The summed E-state index contributed by atoms with van der Waals surface area (Å²) in [5, 5.41) is 6.09. The van der Waals surface area contributed by atoms with Gasteiger partial charge in [0, 0.05) is 25.4 Å². The maximum atomic E-state index is 13.0. The minimum atomic E-state index is -0.270. The van der Waals surface area contributed by atoms with Crippen molar-refractivity contribution in [3.05, 3.63) is 24.3 Å². The van der Waals surface area contributed by atoms with Crippen LogP contribution in [-0.2, 0) is 14.4 Å². The van der Waals surface area contributed by atoms with Gasteiger partial charge in [-0.1, -0.05) is 12.1 Å². The Bertz CT molecular complexity index is 700. The van der Waals surface area contributed by atoms with E-state index in [1.165, 1.54) is 4.90 Å². The van der Waals surface area contributed by atoms with Crippen molar-refractivity contribution in [3.63, 3.8) is 0 Å². The molecule has 1 saturated heterocycles. The van der Waals surface area contributed by atoms with Crippen LogP contribution in [0, 0.1) is 5.92 Å². The number of piperidine rings is 1. The molecule has 3 rings (SSSR count). The molecule has 0 bridgehead atoms. The molecule has 7 heteroatoms. The van der Waals surface area contributed by atoms with Crippen LogP contribution in [-0.4, -0.2) is 55.3 Å². The lowest BCUT2D eigenvalue weighted by Crippen LogP contribution is -2.47. The van der Waals surface area contributed by atoms with Crippen molar-refractivity contribution in [3.8, 4) is 0 Å². The third-order valence-electron chi connectivity index (χ3n) is 5.06. The largest absolute Gasteiger partial charge is 0.336 e. The zero-order valence-electron chi connectivity index (χ0n) is 15.3. The summed E-state index contributed by atoms with van der Waals surface area (Å²) >= 11 is 0. The number of carbonyl (C=O) groups is 3. The van der Waals surface area contributed by atoms with Crippen LogP contribution in [0.25, 0.3) is 0 Å². The molecule has 3 amide bonds. The Morgan fingerprint density at radius 1 is 1.23 bits per heavy atom. The van der Waals surface area contributed by atoms with E-state index in [9.17, 15) is 14.4 Å². The summed E-state index contributed by atoms with van der Waals surface area (Å²) < 4.78 is 0. The van der Waals surface area contributed by atoms with Gasteiger partial charge < -0.3 is 20.4 Å². The molecule has 0 radical (unpaired) electrons. The molecule has 1 unspecified atom stereocenters. The summed E-state index contributed by atoms with van der Waals surface area (Å²) in [4.78, 5) is 40.8. The van der Waals surface area contributed by atoms with Crippen LogP contribution in [0.3, 0.4) is 0 Å². The first-order valence-corrected chi connectivity index (χ1v) is 9.14. The van der Waals surface area contributed by atoms with Crippen molar-refractivity contribution in [2.45, 2.75) is 32.2 Å². The molecule has 0 aliphatic carbocycles. The molecule has 2 N–H and O–H groups in total. The van der Waals surface area contributed by atoms with Gasteiger partial charge in [-0.2, -0.15) is 0 Å². The van der Waals surface area contributed by atoms with Gasteiger partial charge in [0.2, 0.25) is 17.7 Å². The van der Waals surface area contributed by atoms with Crippen LogP contribution in [0.2, 0.25) is 0 Å². The first-order valence-electron chi connectivity index (χ1n) is 9.14. The van der Waals surface area contributed by atoms with E-state index >= 15 is 0 Å². The van der Waals surface area contributed by atoms with Gasteiger partial charge in [0.15, 0.2) is 0 Å². The second kappa shape index (κ2) is 7.86. The lowest BCUT2D eigenvalue weighted by molar-refractivity contribution is -0.138. The van der Waals surface area contributed by atoms with Gasteiger partial charge in [-0.15, -0.1) is 0 Å². The van der Waals surface area contributed by atoms with Gasteiger partial charge in [0.05, 0.1) is 17.9 Å². The van der Waals surface area contributed by atoms with Crippen LogP contribution in [0.5, 0.6) is 0 Å². The number of para-hydroxylation sites is 2. The minimum Gasteiger partial charge on any atom is -0.336 e. The summed E-state index contributed by atoms with van der Waals surface area (Å²) in [7, 11) is 1.68. The van der Waals surface area contributed by atoms with E-state index in [4.69, 9.17) is 0 Å². The number of rotatable bonds is 3. The maximum Gasteiger partial charge on any atom is 0.246 e. The minimum absolute atomic E-state index is 0.00955. The zero-order valence-corrected chi connectivity index (χ0v) is 15.3. The molecule has 2 aliphatic rings. The third kappa shape index (κ3) is 3.88. The Labute approximate surface area is 153 Å². The highest BCUT2D eigenvalue weighted by molar-refractivity contribution is 6.05. The number of anilines is 2. The molecular formula is C19H26N4O3. The second-order valence-electron chi connectivity index (χ2n) is 7.10. The van der Waals surface area contributed by atoms with Gasteiger partial charge in [-0.3, -0.25) is 14.4 Å². The van der Waals surface area contributed by atoms with Crippen LogP contribution < -0.4 is 15.5 Å². The highest BCUT2D eigenvalue weighted by Gasteiger charge is 2.32. The van der Waals surface area contributed by atoms with E-state index in [1.54, 1.807) is 18.0 Å². The Morgan fingerprint density at radius 2 is 1.92 bits per heavy atom. The van der Waals surface area contributed by atoms with E-state index in [0.717, 1.165) is 25.9 Å². The van der Waals surface area contributed by atoms with Gasteiger partial charge in [0.1, 0.15) is 0 Å². The molecule has 0 saturated carbocycles. The molecule has 7 nitrogen and oxygen atoms in total. The molecule has 0 aromatic heterocycles. The number of amides is 3. The molecule has 2 heterocycles. The Hall–Kier alpha value is -2.41. The van der Waals surface area contributed by atoms with Gasteiger partial charge >= 0.3 is 0 Å². The van der Waals surface area contributed by atoms with Crippen LogP contribution in [0.15, 0.2) is 24.3 Å². The summed E-state index contributed by atoms with van der Waals surface area (Å²) in [6, 6.07) is 7.01. The number of likely N-dealkylation sites (N-methyl/N-ethyl adjacent to an activating group) is 1.